The van der Waals surface area contributed by atoms with E-state index in [0.29, 0.717) is 35.1 Å². The van der Waals surface area contributed by atoms with Gasteiger partial charge in [0, 0.05) is 23.1 Å². The molecule has 2 aromatic carbocycles. The molecule has 3 aromatic rings. The number of halogens is 1. The number of carbonyl (C=O) groups is 2. The monoisotopic (exact) mass is 491 g/mol. The highest BCUT2D eigenvalue weighted by Gasteiger charge is 2.39. The lowest BCUT2D eigenvalue weighted by Crippen LogP contribution is -2.45. The van der Waals surface area contributed by atoms with E-state index in [1.165, 1.54) is 0 Å². The maximum Gasteiger partial charge on any atom is 0.341 e. The molecule has 0 spiro atoms. The number of aromatic nitrogens is 1. The van der Waals surface area contributed by atoms with Gasteiger partial charge in [-0.1, -0.05) is 29.8 Å². The van der Waals surface area contributed by atoms with Crippen LogP contribution in [0, 0.1) is 5.92 Å². The fourth-order valence-corrected chi connectivity index (χ4v) is 4.42. The fourth-order valence-electron chi connectivity index (χ4n) is 4.21. The van der Waals surface area contributed by atoms with Crippen LogP contribution in [0.25, 0.3) is 0 Å². The lowest BCUT2D eigenvalue weighted by molar-refractivity contribution is -0.148. The summed E-state index contributed by atoms with van der Waals surface area (Å²) >= 11 is 6.06. The molecule has 0 saturated heterocycles. The summed E-state index contributed by atoms with van der Waals surface area (Å²) in [5.41, 5.74) is 2.96. The number of nitrogens with one attached hydrogen (secondary N) is 1. The maximum atomic E-state index is 13.4. The first-order valence-corrected chi connectivity index (χ1v) is 11.5. The zero-order valence-electron chi connectivity index (χ0n) is 18.6. The molecule has 2 aliphatic rings. The van der Waals surface area contributed by atoms with E-state index in [1.807, 2.05) is 24.3 Å². The highest BCUT2D eigenvalue weighted by atomic mass is 35.5. The second-order valence-electron chi connectivity index (χ2n) is 8.21. The van der Waals surface area contributed by atoms with Crippen molar-refractivity contribution in [3.63, 3.8) is 0 Å². The molecule has 3 heterocycles. The fraction of sp³-hybridized carbons (Fsp3) is 0.231. The van der Waals surface area contributed by atoms with Crippen LogP contribution in [0.1, 0.15) is 29.2 Å². The molecule has 0 bridgehead atoms. The summed E-state index contributed by atoms with van der Waals surface area (Å²) in [5, 5.41) is 3.38. The van der Waals surface area contributed by atoms with Gasteiger partial charge in [0.1, 0.15) is 12.5 Å². The minimum Gasteiger partial charge on any atom is -0.460 e. The first kappa shape index (κ1) is 22.9. The standard InChI is InChI=1S/C26H22ClN3O5/c27-19-3-1-2-17(12-19)14-33-25(31)23-20(6-4-16-5-7-21-22(13-16)35-15-34-21)29-26(32)30-24(23)18-8-10-28-11-9-18/h1-3,5,7-13,23-24H,4,6,14-15H2,(H,30,32). The molecule has 5 rings (SSSR count). The average molecular weight is 492 g/mol. The summed E-state index contributed by atoms with van der Waals surface area (Å²) in [6.07, 6.45) is 4.19. The molecular formula is C26H22ClN3O5. The minimum absolute atomic E-state index is 0.0579. The molecule has 35 heavy (non-hydrogen) atoms. The molecular weight excluding hydrogens is 470 g/mol. The SMILES string of the molecule is O=C1N=C(CCc2ccc3c(c2)OCO3)C(C(=O)OCc2cccc(Cl)c2)C(c2ccncc2)N1. The van der Waals surface area contributed by atoms with Crippen molar-refractivity contribution < 1.29 is 23.8 Å². The number of esters is 1. The Kier molecular flexibility index (Phi) is 6.63. The van der Waals surface area contributed by atoms with Gasteiger partial charge in [-0.05, 0) is 65.9 Å². The summed E-state index contributed by atoms with van der Waals surface area (Å²) < 4.78 is 16.5. The normalized spacial score (nSPS) is 18.5. The third-order valence-electron chi connectivity index (χ3n) is 5.91. The van der Waals surface area contributed by atoms with E-state index in [-0.39, 0.29) is 13.4 Å². The Hall–Kier alpha value is -3.91. The number of aryl methyl sites for hydroxylation is 1. The van der Waals surface area contributed by atoms with Gasteiger partial charge in [0.05, 0.1) is 6.04 Å². The number of hydrogen-bond donors (Lipinski definition) is 1. The first-order chi connectivity index (χ1) is 17.1. The molecule has 2 atom stereocenters. The van der Waals surface area contributed by atoms with Gasteiger partial charge in [0.25, 0.3) is 0 Å². The van der Waals surface area contributed by atoms with Crippen LogP contribution in [0.3, 0.4) is 0 Å². The number of fused-ring (bicyclic) bond motifs is 1. The van der Waals surface area contributed by atoms with Crippen molar-refractivity contribution in [3.05, 3.63) is 88.7 Å². The summed E-state index contributed by atoms with van der Waals surface area (Å²) in [7, 11) is 0. The van der Waals surface area contributed by atoms with Crippen molar-refractivity contribution >= 4 is 29.3 Å². The smallest absolute Gasteiger partial charge is 0.341 e. The molecule has 2 unspecified atom stereocenters. The highest BCUT2D eigenvalue weighted by Crippen LogP contribution is 2.34. The van der Waals surface area contributed by atoms with Gasteiger partial charge in [0.2, 0.25) is 6.79 Å². The van der Waals surface area contributed by atoms with E-state index in [2.05, 4.69) is 15.3 Å². The quantitative estimate of drug-likeness (QED) is 0.482. The van der Waals surface area contributed by atoms with Crippen LogP contribution < -0.4 is 14.8 Å². The molecule has 2 amide bonds. The van der Waals surface area contributed by atoms with Crippen LogP contribution in [0.2, 0.25) is 5.02 Å². The lowest BCUT2D eigenvalue weighted by atomic mass is 9.85. The zero-order chi connectivity index (χ0) is 24.2. The summed E-state index contributed by atoms with van der Waals surface area (Å²) in [5.74, 6) is 0.112. The van der Waals surface area contributed by atoms with Crippen molar-refractivity contribution in [3.8, 4) is 11.5 Å². The Morgan fingerprint density at radius 3 is 2.69 bits per heavy atom. The number of pyridine rings is 1. The number of aliphatic imine (C=N–C) groups is 1. The Morgan fingerprint density at radius 2 is 1.86 bits per heavy atom. The number of rotatable bonds is 7. The molecule has 0 saturated carbocycles. The van der Waals surface area contributed by atoms with Gasteiger partial charge in [-0.3, -0.25) is 9.78 Å². The van der Waals surface area contributed by atoms with Crippen LogP contribution in [0.5, 0.6) is 11.5 Å². The number of carbonyl (C=O) groups excluding carboxylic acids is 2. The third-order valence-corrected chi connectivity index (χ3v) is 6.15. The Labute approximate surface area is 206 Å². The number of amides is 2. The van der Waals surface area contributed by atoms with Crippen molar-refractivity contribution in [2.24, 2.45) is 10.9 Å². The van der Waals surface area contributed by atoms with E-state index in [0.717, 1.165) is 16.7 Å². The Balaban J connectivity index is 1.38. The van der Waals surface area contributed by atoms with Gasteiger partial charge in [-0.2, -0.15) is 0 Å². The van der Waals surface area contributed by atoms with Gasteiger partial charge in [-0.25, -0.2) is 9.79 Å². The number of urea groups is 1. The second kappa shape index (κ2) is 10.1. The predicted molar refractivity (Wildman–Crippen MR) is 129 cm³/mol. The van der Waals surface area contributed by atoms with Crippen molar-refractivity contribution in [2.45, 2.75) is 25.5 Å². The molecule has 178 valence electrons. The van der Waals surface area contributed by atoms with E-state index in [1.54, 1.807) is 42.7 Å². The van der Waals surface area contributed by atoms with Crippen molar-refractivity contribution in [1.29, 1.82) is 0 Å². The van der Waals surface area contributed by atoms with Crippen LogP contribution in [0.4, 0.5) is 4.79 Å². The number of ether oxygens (including phenoxy) is 3. The molecule has 0 radical (unpaired) electrons. The van der Waals surface area contributed by atoms with E-state index in [9.17, 15) is 9.59 Å². The van der Waals surface area contributed by atoms with Crippen molar-refractivity contribution in [2.75, 3.05) is 6.79 Å². The molecule has 0 aliphatic carbocycles. The van der Waals surface area contributed by atoms with Gasteiger partial charge in [-0.15, -0.1) is 0 Å². The number of nitrogens with zero attached hydrogens (tertiary/aromatic N) is 2. The zero-order valence-corrected chi connectivity index (χ0v) is 19.4. The van der Waals surface area contributed by atoms with Gasteiger partial charge >= 0.3 is 12.0 Å². The van der Waals surface area contributed by atoms with Crippen LogP contribution >= 0.6 is 11.6 Å². The van der Waals surface area contributed by atoms with Crippen molar-refractivity contribution in [1.82, 2.24) is 10.3 Å². The topological polar surface area (TPSA) is 99.1 Å². The Morgan fingerprint density at radius 1 is 1.03 bits per heavy atom. The first-order valence-electron chi connectivity index (χ1n) is 11.1. The molecule has 8 nitrogen and oxygen atoms in total. The maximum absolute atomic E-state index is 13.4. The van der Waals surface area contributed by atoms with Crippen LogP contribution in [0.15, 0.2) is 72.0 Å². The van der Waals surface area contributed by atoms with E-state index >= 15 is 0 Å². The van der Waals surface area contributed by atoms with Gasteiger partial charge < -0.3 is 19.5 Å². The summed E-state index contributed by atoms with van der Waals surface area (Å²) in [6, 6.07) is 15.2. The highest BCUT2D eigenvalue weighted by molar-refractivity contribution is 6.30. The lowest BCUT2D eigenvalue weighted by Gasteiger charge is -2.31. The van der Waals surface area contributed by atoms with E-state index < -0.39 is 24.0 Å². The largest absolute Gasteiger partial charge is 0.460 e. The second-order valence-corrected chi connectivity index (χ2v) is 8.65. The van der Waals surface area contributed by atoms with Gasteiger partial charge in [0.15, 0.2) is 11.5 Å². The number of benzene rings is 2. The molecule has 2 aliphatic heterocycles. The van der Waals surface area contributed by atoms with E-state index in [4.69, 9.17) is 25.8 Å². The average Bonchev–Trinajstić information content (AvgIpc) is 3.34. The third kappa shape index (κ3) is 5.27. The molecule has 9 heteroatoms. The Bertz CT molecular complexity index is 1280. The predicted octanol–water partition coefficient (Wildman–Crippen LogP) is 4.66. The van der Waals surface area contributed by atoms with Crippen LogP contribution in [-0.4, -0.2) is 29.5 Å². The minimum atomic E-state index is -0.789. The number of hydrogen-bond acceptors (Lipinski definition) is 6. The molecule has 1 aromatic heterocycles. The summed E-state index contributed by atoms with van der Waals surface area (Å²) in [4.78, 5) is 34.1. The summed E-state index contributed by atoms with van der Waals surface area (Å²) in [6.45, 7) is 0.252. The van der Waals surface area contributed by atoms with Crippen LogP contribution in [-0.2, 0) is 22.6 Å². The molecule has 1 N–H and O–H groups in total. The molecule has 0 fully saturated rings.